The molecule has 0 saturated carbocycles. The molecule has 3 heterocycles. The average Bonchev–Trinajstić information content (AvgIpc) is 3.34. The number of fused-ring (bicyclic) bond motifs is 2. The number of nitrogens with zero attached hydrogens (tertiary/aromatic N) is 2. The molecular weight excluding hydrogens is 364 g/mol. The first-order chi connectivity index (χ1) is 12.8. The van der Waals surface area contributed by atoms with Crippen LogP contribution in [-0.4, -0.2) is 58.4 Å². The molecule has 2 aliphatic heterocycles. The molecule has 2 fully saturated rings. The van der Waals surface area contributed by atoms with Gasteiger partial charge in [0, 0.05) is 35.3 Å². The summed E-state index contributed by atoms with van der Waals surface area (Å²) >= 11 is 1.54. The van der Waals surface area contributed by atoms with Crippen LogP contribution in [0, 0.1) is 6.92 Å². The lowest BCUT2D eigenvalue weighted by Gasteiger charge is -2.35. The van der Waals surface area contributed by atoms with E-state index in [-0.39, 0.29) is 11.2 Å². The van der Waals surface area contributed by atoms with Crippen molar-refractivity contribution in [3.8, 4) is 16.3 Å². The Morgan fingerprint density at radius 1 is 1.48 bits per heavy atom. The lowest BCUT2D eigenvalue weighted by atomic mass is 10.0. The van der Waals surface area contributed by atoms with Gasteiger partial charge in [-0.25, -0.2) is 9.78 Å². The zero-order chi connectivity index (χ0) is 19.2. The minimum Gasteiger partial charge on any atom is -0.490 e. The molecule has 1 aromatic carbocycles. The number of carboxylic acids is 1. The van der Waals surface area contributed by atoms with Crippen molar-refractivity contribution in [3.63, 3.8) is 0 Å². The Hall–Kier alpha value is -1.96. The lowest BCUT2D eigenvalue weighted by molar-refractivity contribution is -0.0736. The van der Waals surface area contributed by atoms with Gasteiger partial charge in [-0.2, -0.15) is 0 Å². The van der Waals surface area contributed by atoms with Crippen LogP contribution in [0.1, 0.15) is 35.5 Å². The SMILES string of the molecule is Cc1cnc(-c2cc(OCC34CC(CO3)N(C(C)C)C4)cc(C(=O)O)c2)s1. The Kier molecular flexibility index (Phi) is 4.70. The van der Waals surface area contributed by atoms with Crippen LogP contribution < -0.4 is 4.74 Å². The Bertz CT molecular complexity index is 865. The number of rotatable bonds is 6. The molecule has 1 aromatic heterocycles. The third-order valence-corrected chi connectivity index (χ3v) is 6.28. The van der Waals surface area contributed by atoms with Gasteiger partial charge in [-0.3, -0.25) is 4.90 Å². The fourth-order valence-corrected chi connectivity index (χ4v) is 4.74. The number of carboxylic acid groups (broad SMARTS) is 1. The number of likely N-dealkylation sites (tertiary alicyclic amines) is 1. The van der Waals surface area contributed by atoms with Crippen molar-refractivity contribution in [2.45, 2.75) is 44.9 Å². The highest BCUT2D eigenvalue weighted by Gasteiger charge is 2.52. The van der Waals surface area contributed by atoms with Crippen LogP contribution >= 0.6 is 11.3 Å². The third kappa shape index (κ3) is 3.59. The monoisotopic (exact) mass is 388 g/mol. The Morgan fingerprint density at radius 3 is 2.93 bits per heavy atom. The molecule has 27 heavy (non-hydrogen) atoms. The van der Waals surface area contributed by atoms with Crippen LogP contribution in [0.3, 0.4) is 0 Å². The summed E-state index contributed by atoms with van der Waals surface area (Å²) < 4.78 is 12.1. The fourth-order valence-electron chi connectivity index (χ4n) is 3.99. The van der Waals surface area contributed by atoms with E-state index in [9.17, 15) is 9.90 Å². The molecule has 7 heteroatoms. The van der Waals surface area contributed by atoms with Crippen LogP contribution in [0.15, 0.2) is 24.4 Å². The predicted molar refractivity (Wildman–Crippen MR) is 104 cm³/mol. The van der Waals surface area contributed by atoms with Crippen molar-refractivity contribution in [3.05, 3.63) is 34.8 Å². The third-order valence-electron chi connectivity index (χ3n) is 5.32. The normalized spacial score (nSPS) is 24.7. The van der Waals surface area contributed by atoms with E-state index in [0.717, 1.165) is 35.0 Å². The minimum absolute atomic E-state index is 0.202. The number of benzene rings is 1. The van der Waals surface area contributed by atoms with E-state index < -0.39 is 5.97 Å². The lowest BCUT2D eigenvalue weighted by Crippen LogP contribution is -2.48. The second kappa shape index (κ2) is 6.89. The van der Waals surface area contributed by atoms with Crippen molar-refractivity contribution in [2.24, 2.45) is 0 Å². The number of ether oxygens (including phenoxy) is 2. The summed E-state index contributed by atoms with van der Waals surface area (Å²) in [5.74, 6) is -0.431. The Balaban J connectivity index is 1.55. The van der Waals surface area contributed by atoms with Crippen molar-refractivity contribution < 1.29 is 19.4 Å². The molecule has 1 N–H and O–H groups in total. The molecule has 0 spiro atoms. The number of thiazole rings is 1. The van der Waals surface area contributed by atoms with Crippen LogP contribution in [-0.2, 0) is 4.74 Å². The van der Waals surface area contributed by atoms with Gasteiger partial charge in [0.25, 0.3) is 0 Å². The van der Waals surface area contributed by atoms with E-state index in [0.29, 0.717) is 24.4 Å². The largest absolute Gasteiger partial charge is 0.490 e. The molecular formula is C20H24N2O4S. The van der Waals surface area contributed by atoms with E-state index >= 15 is 0 Å². The number of aromatic nitrogens is 1. The molecule has 0 radical (unpaired) electrons. The Labute approximate surface area is 162 Å². The predicted octanol–water partition coefficient (Wildman–Crippen LogP) is 3.45. The minimum atomic E-state index is -0.975. The molecule has 0 amide bonds. The highest BCUT2D eigenvalue weighted by atomic mass is 32.1. The first kappa shape index (κ1) is 18.4. The molecule has 2 aliphatic rings. The van der Waals surface area contributed by atoms with Crippen molar-refractivity contribution >= 4 is 17.3 Å². The van der Waals surface area contributed by atoms with E-state index in [1.807, 2.05) is 13.0 Å². The molecule has 2 bridgehead atoms. The smallest absolute Gasteiger partial charge is 0.335 e. The molecule has 0 aliphatic carbocycles. The van der Waals surface area contributed by atoms with Gasteiger partial charge >= 0.3 is 5.97 Å². The number of morpholine rings is 1. The summed E-state index contributed by atoms with van der Waals surface area (Å²) in [6.45, 7) is 8.40. The van der Waals surface area contributed by atoms with E-state index in [4.69, 9.17) is 9.47 Å². The molecule has 2 atom stereocenters. The maximum Gasteiger partial charge on any atom is 0.335 e. The summed E-state index contributed by atoms with van der Waals surface area (Å²) in [5, 5.41) is 10.3. The van der Waals surface area contributed by atoms with Crippen LogP contribution in [0.5, 0.6) is 5.75 Å². The van der Waals surface area contributed by atoms with Gasteiger partial charge in [-0.15, -0.1) is 11.3 Å². The van der Waals surface area contributed by atoms with Gasteiger partial charge in [0.1, 0.15) is 23.0 Å². The van der Waals surface area contributed by atoms with Gasteiger partial charge in [-0.05, 0) is 45.4 Å². The maximum absolute atomic E-state index is 11.5. The standard InChI is InChI=1S/C20H24N2O4S/c1-12(2)22-10-20(7-16(22)9-26-20)11-25-17-5-14(4-15(6-17)19(23)24)18-21-8-13(3)27-18/h4-6,8,12,16H,7,9-11H2,1-3H3,(H,23,24). The van der Waals surface area contributed by atoms with E-state index in [1.54, 1.807) is 18.3 Å². The number of hydrogen-bond donors (Lipinski definition) is 1. The summed E-state index contributed by atoms with van der Waals surface area (Å²) in [7, 11) is 0. The van der Waals surface area contributed by atoms with Gasteiger partial charge < -0.3 is 14.6 Å². The van der Waals surface area contributed by atoms with Crippen LogP contribution in [0.4, 0.5) is 0 Å². The first-order valence-electron chi connectivity index (χ1n) is 9.19. The molecule has 4 rings (SSSR count). The summed E-state index contributed by atoms with van der Waals surface area (Å²) in [5.41, 5.74) is 0.667. The number of hydrogen-bond acceptors (Lipinski definition) is 6. The van der Waals surface area contributed by atoms with Crippen molar-refractivity contribution in [1.29, 1.82) is 0 Å². The Morgan fingerprint density at radius 2 is 2.30 bits per heavy atom. The maximum atomic E-state index is 11.5. The van der Waals surface area contributed by atoms with Gasteiger partial charge in [-0.1, -0.05) is 0 Å². The number of aromatic carboxylic acids is 1. The zero-order valence-electron chi connectivity index (χ0n) is 15.8. The highest BCUT2D eigenvalue weighted by Crippen LogP contribution is 2.39. The topological polar surface area (TPSA) is 71.9 Å². The summed E-state index contributed by atoms with van der Waals surface area (Å²) in [6.07, 6.45) is 2.75. The van der Waals surface area contributed by atoms with Gasteiger partial charge in [0.2, 0.25) is 0 Å². The second-order valence-electron chi connectivity index (χ2n) is 7.73. The second-order valence-corrected chi connectivity index (χ2v) is 8.97. The molecule has 2 saturated heterocycles. The molecule has 2 aromatic rings. The van der Waals surface area contributed by atoms with Crippen LogP contribution in [0.25, 0.3) is 10.6 Å². The zero-order valence-corrected chi connectivity index (χ0v) is 16.6. The quantitative estimate of drug-likeness (QED) is 0.817. The van der Waals surface area contributed by atoms with Gasteiger partial charge in [0.15, 0.2) is 0 Å². The summed E-state index contributed by atoms with van der Waals surface area (Å²) in [4.78, 5) is 19.5. The van der Waals surface area contributed by atoms with E-state index in [2.05, 4.69) is 23.7 Å². The van der Waals surface area contributed by atoms with Crippen molar-refractivity contribution in [2.75, 3.05) is 19.8 Å². The number of aryl methyl sites for hydroxylation is 1. The molecule has 6 nitrogen and oxygen atoms in total. The molecule has 2 unspecified atom stereocenters. The van der Waals surface area contributed by atoms with Crippen LogP contribution in [0.2, 0.25) is 0 Å². The molecule has 144 valence electrons. The summed E-state index contributed by atoms with van der Waals surface area (Å²) in [6, 6.07) is 6.01. The van der Waals surface area contributed by atoms with Crippen molar-refractivity contribution in [1.82, 2.24) is 9.88 Å². The average molecular weight is 388 g/mol. The van der Waals surface area contributed by atoms with Gasteiger partial charge in [0.05, 0.1) is 12.2 Å². The first-order valence-corrected chi connectivity index (χ1v) is 10.0. The number of carbonyl (C=O) groups is 1. The highest BCUT2D eigenvalue weighted by molar-refractivity contribution is 7.14. The fraction of sp³-hybridized carbons (Fsp3) is 0.500. The van der Waals surface area contributed by atoms with E-state index in [1.165, 1.54) is 11.3 Å².